The van der Waals surface area contributed by atoms with E-state index in [1.54, 1.807) is 18.2 Å². The Hall–Kier alpha value is -1.71. The number of hydrogen-bond donors (Lipinski definition) is 2. The normalized spacial score (nSPS) is 12.1. The van der Waals surface area contributed by atoms with E-state index in [1.807, 2.05) is 6.92 Å². The number of nitrogen functional groups attached to an aromatic ring is 1. The highest BCUT2D eigenvalue weighted by Crippen LogP contribution is 2.25. The maximum atomic E-state index is 11.0. The SMILES string of the molecule is CCCC(C)Oc1cccc(N)c1C(=O)O. The topological polar surface area (TPSA) is 72.5 Å². The Bertz CT molecular complexity index is 377. The minimum Gasteiger partial charge on any atom is -0.490 e. The molecule has 1 aromatic rings. The van der Waals surface area contributed by atoms with Gasteiger partial charge in [-0.15, -0.1) is 0 Å². The second kappa shape index (κ2) is 5.39. The molecule has 0 spiro atoms. The summed E-state index contributed by atoms with van der Waals surface area (Å²) in [4.78, 5) is 11.0. The van der Waals surface area contributed by atoms with E-state index in [1.165, 1.54) is 0 Å². The average molecular weight is 223 g/mol. The second-order valence-corrected chi connectivity index (χ2v) is 3.74. The molecule has 1 rings (SSSR count). The minimum absolute atomic E-state index is 0.00935. The van der Waals surface area contributed by atoms with Crippen LogP contribution in [-0.4, -0.2) is 17.2 Å². The predicted molar refractivity (Wildman–Crippen MR) is 62.8 cm³/mol. The number of benzene rings is 1. The first-order chi connectivity index (χ1) is 7.56. The molecule has 0 saturated carbocycles. The molecule has 16 heavy (non-hydrogen) atoms. The molecule has 4 nitrogen and oxygen atoms in total. The number of carboxylic acid groups (broad SMARTS) is 1. The van der Waals surface area contributed by atoms with Crippen LogP contribution < -0.4 is 10.5 Å². The van der Waals surface area contributed by atoms with Crippen LogP contribution in [0, 0.1) is 0 Å². The van der Waals surface area contributed by atoms with Gasteiger partial charge in [0.2, 0.25) is 0 Å². The van der Waals surface area contributed by atoms with Crippen LogP contribution in [0.25, 0.3) is 0 Å². The molecular formula is C12H17NO3. The highest BCUT2D eigenvalue weighted by molar-refractivity contribution is 5.96. The molecule has 0 radical (unpaired) electrons. The number of carbonyl (C=O) groups is 1. The summed E-state index contributed by atoms with van der Waals surface area (Å²) in [5, 5.41) is 9.03. The lowest BCUT2D eigenvalue weighted by atomic mass is 10.1. The Morgan fingerprint density at radius 1 is 1.56 bits per heavy atom. The van der Waals surface area contributed by atoms with Crippen molar-refractivity contribution in [3.63, 3.8) is 0 Å². The molecule has 0 amide bonds. The van der Waals surface area contributed by atoms with E-state index in [0.29, 0.717) is 5.75 Å². The van der Waals surface area contributed by atoms with Gasteiger partial charge in [-0.1, -0.05) is 19.4 Å². The summed E-state index contributed by atoms with van der Waals surface area (Å²) < 4.78 is 5.57. The van der Waals surface area contributed by atoms with Crippen LogP contribution in [-0.2, 0) is 0 Å². The van der Waals surface area contributed by atoms with Gasteiger partial charge in [-0.3, -0.25) is 0 Å². The fourth-order valence-electron chi connectivity index (χ4n) is 1.56. The molecular weight excluding hydrogens is 206 g/mol. The Labute approximate surface area is 95.0 Å². The van der Waals surface area contributed by atoms with Crippen LogP contribution in [0.15, 0.2) is 18.2 Å². The van der Waals surface area contributed by atoms with Crippen molar-refractivity contribution >= 4 is 11.7 Å². The lowest BCUT2D eigenvalue weighted by Gasteiger charge is -2.16. The number of ether oxygens (including phenoxy) is 1. The maximum Gasteiger partial charge on any atom is 0.341 e. The highest BCUT2D eigenvalue weighted by Gasteiger charge is 2.16. The molecule has 1 atom stereocenters. The standard InChI is InChI=1S/C12H17NO3/c1-3-5-8(2)16-10-7-4-6-9(13)11(10)12(14)15/h4,6-8H,3,5,13H2,1-2H3,(H,14,15). The lowest BCUT2D eigenvalue weighted by Crippen LogP contribution is -2.14. The summed E-state index contributed by atoms with van der Waals surface area (Å²) in [5.41, 5.74) is 5.89. The molecule has 0 saturated heterocycles. The summed E-state index contributed by atoms with van der Waals surface area (Å²) in [6.07, 6.45) is 1.87. The van der Waals surface area contributed by atoms with Gasteiger partial charge in [-0.05, 0) is 25.5 Å². The first kappa shape index (κ1) is 12.4. The number of rotatable bonds is 5. The van der Waals surface area contributed by atoms with Crippen molar-refractivity contribution in [2.75, 3.05) is 5.73 Å². The highest BCUT2D eigenvalue weighted by atomic mass is 16.5. The molecule has 0 aliphatic heterocycles. The first-order valence-corrected chi connectivity index (χ1v) is 5.34. The molecule has 1 unspecified atom stereocenters. The fraction of sp³-hybridized carbons (Fsp3) is 0.417. The smallest absolute Gasteiger partial charge is 0.341 e. The molecule has 88 valence electrons. The molecule has 0 aliphatic rings. The van der Waals surface area contributed by atoms with E-state index in [2.05, 4.69) is 6.92 Å². The molecule has 1 aromatic carbocycles. The van der Waals surface area contributed by atoms with E-state index < -0.39 is 5.97 Å². The second-order valence-electron chi connectivity index (χ2n) is 3.74. The summed E-state index contributed by atoms with van der Waals surface area (Å²) in [7, 11) is 0. The third-order valence-corrected chi connectivity index (χ3v) is 2.30. The zero-order valence-corrected chi connectivity index (χ0v) is 9.56. The van der Waals surface area contributed by atoms with E-state index in [-0.39, 0.29) is 17.4 Å². The molecule has 3 N–H and O–H groups in total. The zero-order chi connectivity index (χ0) is 12.1. The van der Waals surface area contributed by atoms with Crippen molar-refractivity contribution in [1.82, 2.24) is 0 Å². The van der Waals surface area contributed by atoms with Gasteiger partial charge in [-0.2, -0.15) is 0 Å². The Morgan fingerprint density at radius 2 is 2.25 bits per heavy atom. The van der Waals surface area contributed by atoms with E-state index in [0.717, 1.165) is 12.8 Å². The van der Waals surface area contributed by atoms with Crippen LogP contribution in [0.2, 0.25) is 0 Å². The Kier molecular flexibility index (Phi) is 4.17. The minimum atomic E-state index is -1.06. The third kappa shape index (κ3) is 2.89. The van der Waals surface area contributed by atoms with Crippen molar-refractivity contribution < 1.29 is 14.6 Å². The van der Waals surface area contributed by atoms with Crippen LogP contribution in [0.5, 0.6) is 5.75 Å². The molecule has 0 bridgehead atoms. The largest absolute Gasteiger partial charge is 0.490 e. The van der Waals surface area contributed by atoms with Crippen molar-refractivity contribution in [3.05, 3.63) is 23.8 Å². The molecule has 4 heteroatoms. The fourth-order valence-corrected chi connectivity index (χ4v) is 1.56. The third-order valence-electron chi connectivity index (χ3n) is 2.30. The lowest BCUT2D eigenvalue weighted by molar-refractivity contribution is 0.0691. The predicted octanol–water partition coefficient (Wildman–Crippen LogP) is 2.53. The maximum absolute atomic E-state index is 11.0. The van der Waals surface area contributed by atoms with Gasteiger partial charge < -0.3 is 15.6 Å². The quantitative estimate of drug-likeness (QED) is 0.752. The van der Waals surface area contributed by atoms with Crippen molar-refractivity contribution in [2.24, 2.45) is 0 Å². The van der Waals surface area contributed by atoms with Gasteiger partial charge in [0, 0.05) is 5.69 Å². The van der Waals surface area contributed by atoms with Crippen LogP contribution in [0.3, 0.4) is 0 Å². The number of hydrogen-bond acceptors (Lipinski definition) is 3. The number of anilines is 1. The summed E-state index contributed by atoms with van der Waals surface area (Å²) in [6.45, 7) is 3.97. The van der Waals surface area contributed by atoms with Crippen LogP contribution in [0.4, 0.5) is 5.69 Å². The van der Waals surface area contributed by atoms with Gasteiger partial charge in [0.1, 0.15) is 11.3 Å². The average Bonchev–Trinajstić information content (AvgIpc) is 2.17. The molecule has 0 fully saturated rings. The zero-order valence-electron chi connectivity index (χ0n) is 9.56. The van der Waals surface area contributed by atoms with Crippen LogP contribution >= 0.6 is 0 Å². The van der Waals surface area contributed by atoms with Gasteiger partial charge >= 0.3 is 5.97 Å². The van der Waals surface area contributed by atoms with Gasteiger partial charge in [-0.25, -0.2) is 4.79 Å². The van der Waals surface area contributed by atoms with E-state index in [4.69, 9.17) is 15.6 Å². The van der Waals surface area contributed by atoms with Crippen molar-refractivity contribution in [2.45, 2.75) is 32.8 Å². The summed E-state index contributed by atoms with van der Waals surface area (Å²) in [6, 6.07) is 4.88. The monoisotopic (exact) mass is 223 g/mol. The molecule has 0 heterocycles. The van der Waals surface area contributed by atoms with Gasteiger partial charge in [0.25, 0.3) is 0 Å². The van der Waals surface area contributed by atoms with Gasteiger partial charge in [0.05, 0.1) is 6.10 Å². The molecule has 0 aromatic heterocycles. The summed E-state index contributed by atoms with van der Waals surface area (Å²) in [5.74, 6) is -0.717. The Balaban J connectivity index is 2.95. The first-order valence-electron chi connectivity index (χ1n) is 5.34. The number of nitrogens with two attached hydrogens (primary N) is 1. The van der Waals surface area contributed by atoms with Crippen molar-refractivity contribution in [1.29, 1.82) is 0 Å². The van der Waals surface area contributed by atoms with Crippen LogP contribution in [0.1, 0.15) is 37.0 Å². The van der Waals surface area contributed by atoms with Gasteiger partial charge in [0.15, 0.2) is 0 Å². The van der Waals surface area contributed by atoms with E-state index in [9.17, 15) is 4.79 Å². The number of carboxylic acids is 1. The molecule has 0 aliphatic carbocycles. The summed E-state index contributed by atoms with van der Waals surface area (Å²) >= 11 is 0. The van der Waals surface area contributed by atoms with Crippen molar-refractivity contribution in [3.8, 4) is 5.75 Å². The van der Waals surface area contributed by atoms with E-state index >= 15 is 0 Å². The Morgan fingerprint density at radius 3 is 2.81 bits per heavy atom. The number of aromatic carboxylic acids is 1.